The number of nitrogens with one attached hydrogen (secondary N) is 1. The molecule has 3 aromatic carbocycles. The number of hydrogen-bond acceptors (Lipinski definition) is 6. The lowest BCUT2D eigenvalue weighted by atomic mass is 10.0. The maximum atomic E-state index is 12.9. The number of aliphatic hydroxyl groups is 1. The summed E-state index contributed by atoms with van der Waals surface area (Å²) in [6.45, 7) is -0.653. The Balaban J connectivity index is 1.95. The molecule has 35 heavy (non-hydrogen) atoms. The summed E-state index contributed by atoms with van der Waals surface area (Å²) in [6, 6.07) is 12.4. The van der Waals surface area contributed by atoms with E-state index >= 15 is 0 Å². The zero-order valence-electron chi connectivity index (χ0n) is 17.6. The van der Waals surface area contributed by atoms with Crippen LogP contribution in [0.15, 0.2) is 60.7 Å². The Kier molecular flexibility index (Phi) is 8.93. The number of amides is 1. The van der Waals surface area contributed by atoms with Gasteiger partial charge in [0.25, 0.3) is 11.6 Å². The lowest BCUT2D eigenvalue weighted by Gasteiger charge is -2.27. The average Bonchev–Trinajstić information content (AvgIpc) is 2.81. The summed E-state index contributed by atoms with van der Waals surface area (Å²) < 4.78 is 5.62. The molecular weight excluding hydrogens is 542 g/mol. The second kappa shape index (κ2) is 11.7. The number of ether oxygens (including phenoxy) is 1. The van der Waals surface area contributed by atoms with Gasteiger partial charge in [0.2, 0.25) is 0 Å². The minimum absolute atomic E-state index is 0.00765. The van der Waals surface area contributed by atoms with Crippen LogP contribution in [-0.4, -0.2) is 34.6 Å². The molecule has 1 amide bonds. The van der Waals surface area contributed by atoms with E-state index in [1.807, 2.05) is 0 Å². The van der Waals surface area contributed by atoms with Crippen molar-refractivity contribution in [1.82, 2.24) is 5.32 Å². The van der Waals surface area contributed by atoms with Crippen LogP contribution in [0.4, 0.5) is 5.69 Å². The molecule has 3 aromatic rings. The molecule has 0 fully saturated rings. The van der Waals surface area contributed by atoms with Crippen LogP contribution >= 0.6 is 46.4 Å². The number of halogens is 4. The molecular formula is C23H16Cl4N2O6. The van der Waals surface area contributed by atoms with Crippen LogP contribution < -0.4 is 5.32 Å². The minimum atomic E-state index is -1.25. The van der Waals surface area contributed by atoms with E-state index < -0.39 is 35.6 Å². The molecule has 2 N–H and O–H groups in total. The quantitative estimate of drug-likeness (QED) is 0.202. The molecule has 0 spiro atoms. The second-order valence-corrected chi connectivity index (χ2v) is 8.87. The number of carbonyl (C=O) groups excluding carboxylic acids is 2. The molecule has 182 valence electrons. The monoisotopic (exact) mass is 556 g/mol. The number of rotatable bonds is 8. The van der Waals surface area contributed by atoms with Gasteiger partial charge in [-0.25, -0.2) is 4.79 Å². The third kappa shape index (κ3) is 6.62. The number of carbonyl (C=O) groups is 2. The van der Waals surface area contributed by atoms with Gasteiger partial charge in [-0.1, -0.05) is 46.4 Å². The van der Waals surface area contributed by atoms with Crippen molar-refractivity contribution in [3.8, 4) is 0 Å². The van der Waals surface area contributed by atoms with E-state index in [9.17, 15) is 24.8 Å². The van der Waals surface area contributed by atoms with Crippen LogP contribution in [0.3, 0.4) is 0 Å². The van der Waals surface area contributed by atoms with Crippen LogP contribution in [0.25, 0.3) is 0 Å². The van der Waals surface area contributed by atoms with Gasteiger partial charge in [0, 0.05) is 22.2 Å². The second-order valence-electron chi connectivity index (χ2n) is 7.19. The molecule has 0 aliphatic heterocycles. The smallest absolute Gasteiger partial charge is 0.340 e. The molecule has 8 nitrogen and oxygen atoms in total. The molecule has 2 unspecified atom stereocenters. The van der Waals surface area contributed by atoms with E-state index in [1.165, 1.54) is 60.7 Å². The fourth-order valence-electron chi connectivity index (χ4n) is 3.14. The standard InChI is InChI=1S/C23H16Cl4N2O6/c24-13-3-7-16(18(26)9-13)22(31)28-20(11-30)21(12-1-5-15(6-2-12)29(33)34)35-23(32)17-8-4-14(25)10-19(17)27/h1-10,20-21,30H,11H2,(H,28,31). The lowest BCUT2D eigenvalue weighted by Crippen LogP contribution is -2.43. The zero-order chi connectivity index (χ0) is 25.7. The first-order chi connectivity index (χ1) is 16.6. The van der Waals surface area contributed by atoms with Crippen LogP contribution in [0.5, 0.6) is 0 Å². The van der Waals surface area contributed by atoms with Gasteiger partial charge >= 0.3 is 5.97 Å². The van der Waals surface area contributed by atoms with Gasteiger partial charge in [-0.05, 0) is 54.1 Å². The lowest BCUT2D eigenvalue weighted by molar-refractivity contribution is -0.384. The van der Waals surface area contributed by atoms with Crippen molar-refractivity contribution in [2.75, 3.05) is 6.61 Å². The fourth-order valence-corrected chi connectivity index (χ4v) is 4.12. The van der Waals surface area contributed by atoms with Crippen LogP contribution in [-0.2, 0) is 4.74 Å². The van der Waals surface area contributed by atoms with Crippen LogP contribution in [0.2, 0.25) is 20.1 Å². The van der Waals surface area contributed by atoms with Gasteiger partial charge in [-0.15, -0.1) is 0 Å². The van der Waals surface area contributed by atoms with E-state index in [1.54, 1.807) is 0 Å². The molecule has 2 atom stereocenters. The van der Waals surface area contributed by atoms with E-state index in [4.69, 9.17) is 51.1 Å². The van der Waals surface area contributed by atoms with E-state index in [0.29, 0.717) is 10.0 Å². The zero-order valence-corrected chi connectivity index (χ0v) is 20.6. The third-order valence-electron chi connectivity index (χ3n) is 4.87. The number of nitro groups is 1. The molecule has 0 saturated carbocycles. The summed E-state index contributed by atoms with van der Waals surface area (Å²) in [4.78, 5) is 36.2. The Bertz CT molecular complexity index is 1270. The number of hydrogen-bond donors (Lipinski definition) is 2. The first-order valence-electron chi connectivity index (χ1n) is 9.88. The Labute approximate surface area is 219 Å². The average molecular weight is 558 g/mol. The number of esters is 1. The molecule has 0 aromatic heterocycles. The van der Waals surface area contributed by atoms with Gasteiger partial charge in [-0.3, -0.25) is 14.9 Å². The Morgan fingerprint density at radius 1 is 0.914 bits per heavy atom. The van der Waals surface area contributed by atoms with E-state index in [-0.39, 0.29) is 32.4 Å². The third-order valence-corrected chi connectivity index (χ3v) is 5.97. The highest BCUT2D eigenvalue weighted by Crippen LogP contribution is 2.29. The highest BCUT2D eigenvalue weighted by molar-refractivity contribution is 6.37. The minimum Gasteiger partial charge on any atom is -0.452 e. The van der Waals surface area contributed by atoms with Crippen molar-refractivity contribution in [1.29, 1.82) is 0 Å². The fraction of sp³-hybridized carbons (Fsp3) is 0.130. The first-order valence-corrected chi connectivity index (χ1v) is 11.4. The molecule has 0 radical (unpaired) electrons. The summed E-state index contributed by atoms with van der Waals surface area (Å²) >= 11 is 24.0. The number of non-ortho nitro benzene ring substituents is 1. The highest BCUT2D eigenvalue weighted by Gasteiger charge is 2.30. The Hall–Kier alpha value is -2.88. The van der Waals surface area contributed by atoms with Gasteiger partial charge in [0.05, 0.1) is 38.7 Å². The summed E-state index contributed by atoms with van der Waals surface area (Å²) in [5.41, 5.74) is 0.142. The number of benzene rings is 3. The normalized spacial score (nSPS) is 12.5. The maximum Gasteiger partial charge on any atom is 0.340 e. The predicted octanol–water partition coefficient (Wildman–Crippen LogP) is 5.90. The van der Waals surface area contributed by atoms with Crippen molar-refractivity contribution in [3.63, 3.8) is 0 Å². The first kappa shape index (κ1) is 26.7. The van der Waals surface area contributed by atoms with E-state index in [0.717, 1.165) is 0 Å². The van der Waals surface area contributed by atoms with Gasteiger partial charge in [0.1, 0.15) is 6.10 Å². The molecule has 12 heteroatoms. The molecule has 0 aliphatic rings. The number of nitrogens with zero attached hydrogens (tertiary/aromatic N) is 1. The maximum absolute atomic E-state index is 12.9. The van der Waals surface area contributed by atoms with Crippen molar-refractivity contribution in [3.05, 3.63) is 108 Å². The Morgan fingerprint density at radius 2 is 1.46 bits per heavy atom. The van der Waals surface area contributed by atoms with Crippen molar-refractivity contribution >= 4 is 64.0 Å². The topological polar surface area (TPSA) is 119 Å². The SMILES string of the molecule is O=C(NC(CO)C(OC(=O)c1ccc(Cl)cc1Cl)c1ccc([N+](=O)[O-])cc1)c1ccc(Cl)cc1Cl. The van der Waals surface area contributed by atoms with Crippen molar-refractivity contribution in [2.24, 2.45) is 0 Å². The molecule has 0 aliphatic carbocycles. The molecule has 0 bridgehead atoms. The highest BCUT2D eigenvalue weighted by atomic mass is 35.5. The van der Waals surface area contributed by atoms with E-state index in [2.05, 4.69) is 5.32 Å². The number of aliphatic hydroxyl groups excluding tert-OH is 1. The van der Waals surface area contributed by atoms with Crippen LogP contribution in [0, 0.1) is 10.1 Å². The number of nitro benzene ring substituents is 1. The Morgan fingerprint density at radius 3 is 1.94 bits per heavy atom. The van der Waals surface area contributed by atoms with Crippen molar-refractivity contribution < 1.29 is 24.4 Å². The molecule has 0 saturated heterocycles. The van der Waals surface area contributed by atoms with Gasteiger partial charge < -0.3 is 15.2 Å². The summed E-state index contributed by atoms with van der Waals surface area (Å²) in [7, 11) is 0. The molecule has 0 heterocycles. The summed E-state index contributed by atoms with van der Waals surface area (Å²) in [6.07, 6.45) is -1.25. The van der Waals surface area contributed by atoms with Gasteiger partial charge in [0.15, 0.2) is 0 Å². The van der Waals surface area contributed by atoms with Gasteiger partial charge in [-0.2, -0.15) is 0 Å². The summed E-state index contributed by atoms with van der Waals surface area (Å²) in [5, 5.41) is 24.4. The van der Waals surface area contributed by atoms with Crippen LogP contribution in [0.1, 0.15) is 32.4 Å². The predicted molar refractivity (Wildman–Crippen MR) is 133 cm³/mol. The van der Waals surface area contributed by atoms with Crippen molar-refractivity contribution in [2.45, 2.75) is 12.1 Å². The summed E-state index contributed by atoms with van der Waals surface area (Å²) in [5.74, 6) is -1.54. The largest absolute Gasteiger partial charge is 0.452 e. The molecule has 3 rings (SSSR count).